The summed E-state index contributed by atoms with van der Waals surface area (Å²) < 4.78 is 40.4. The van der Waals surface area contributed by atoms with E-state index in [9.17, 15) is 13.2 Å². The van der Waals surface area contributed by atoms with E-state index in [4.69, 9.17) is 0 Å². The molecule has 0 aliphatic heterocycles. The molecule has 0 bridgehead atoms. The summed E-state index contributed by atoms with van der Waals surface area (Å²) in [5.74, 6) is -3.72. The van der Waals surface area contributed by atoms with Crippen molar-refractivity contribution in [2.24, 2.45) is 0 Å². The largest absolute Gasteiger partial charge is 0.313 e. The molecule has 1 atom stereocenters. The third-order valence-electron chi connectivity index (χ3n) is 3.72. The number of hydrogen-bond donors (Lipinski definition) is 1. The first-order valence-corrected chi connectivity index (χ1v) is 6.80. The van der Waals surface area contributed by atoms with Crippen LogP contribution in [0, 0.1) is 31.3 Å². The van der Waals surface area contributed by atoms with Crippen LogP contribution in [0.3, 0.4) is 0 Å². The summed E-state index contributed by atoms with van der Waals surface area (Å²) in [4.78, 5) is 0. The highest BCUT2D eigenvalue weighted by Gasteiger charge is 2.20. The average molecular weight is 293 g/mol. The Balaban J connectivity index is 2.37. The molecule has 112 valence electrons. The average Bonchev–Trinajstić information content (AvgIpc) is 2.46. The van der Waals surface area contributed by atoms with Crippen LogP contribution in [-0.4, -0.2) is 7.05 Å². The van der Waals surface area contributed by atoms with Crippen molar-refractivity contribution in [2.45, 2.75) is 26.3 Å². The van der Waals surface area contributed by atoms with Gasteiger partial charge in [0.05, 0.1) is 0 Å². The van der Waals surface area contributed by atoms with Gasteiger partial charge in [0.15, 0.2) is 17.5 Å². The molecule has 2 aromatic rings. The third kappa shape index (κ3) is 3.27. The van der Waals surface area contributed by atoms with Crippen LogP contribution in [-0.2, 0) is 6.42 Å². The Bertz CT molecular complexity index is 653. The molecule has 2 rings (SSSR count). The molecular formula is C17H18F3N. The maximum absolute atomic E-state index is 13.9. The van der Waals surface area contributed by atoms with E-state index in [0.717, 1.165) is 22.8 Å². The molecule has 1 N–H and O–H groups in total. The van der Waals surface area contributed by atoms with Crippen molar-refractivity contribution in [2.75, 3.05) is 7.05 Å². The van der Waals surface area contributed by atoms with Crippen LogP contribution < -0.4 is 5.32 Å². The lowest BCUT2D eigenvalue weighted by Crippen LogP contribution is -2.21. The molecule has 0 saturated heterocycles. The van der Waals surface area contributed by atoms with Gasteiger partial charge in [-0.3, -0.25) is 0 Å². The lowest BCUT2D eigenvalue weighted by molar-refractivity contribution is 0.428. The normalized spacial score (nSPS) is 12.5. The van der Waals surface area contributed by atoms with Crippen molar-refractivity contribution in [3.8, 4) is 0 Å². The number of benzene rings is 2. The number of hydrogen-bond acceptors (Lipinski definition) is 1. The Morgan fingerprint density at radius 3 is 2.38 bits per heavy atom. The van der Waals surface area contributed by atoms with E-state index in [0.29, 0.717) is 6.42 Å². The monoisotopic (exact) mass is 293 g/mol. The van der Waals surface area contributed by atoms with E-state index in [1.54, 1.807) is 7.05 Å². The second kappa shape index (κ2) is 6.31. The van der Waals surface area contributed by atoms with Gasteiger partial charge in [0.2, 0.25) is 0 Å². The van der Waals surface area contributed by atoms with Crippen molar-refractivity contribution >= 4 is 0 Å². The molecule has 4 heteroatoms. The molecule has 0 amide bonds. The summed E-state index contributed by atoms with van der Waals surface area (Å²) in [6.45, 7) is 3.96. The maximum Gasteiger partial charge on any atom is 0.194 e. The van der Waals surface area contributed by atoms with Crippen LogP contribution in [0.25, 0.3) is 0 Å². The molecular weight excluding hydrogens is 275 g/mol. The lowest BCUT2D eigenvalue weighted by atomic mass is 9.94. The van der Waals surface area contributed by atoms with Gasteiger partial charge >= 0.3 is 0 Å². The summed E-state index contributed by atoms with van der Waals surface area (Å²) in [7, 11) is 1.68. The van der Waals surface area contributed by atoms with Crippen LogP contribution in [0.15, 0.2) is 30.3 Å². The van der Waals surface area contributed by atoms with E-state index in [-0.39, 0.29) is 5.56 Å². The fourth-order valence-electron chi connectivity index (χ4n) is 2.42. The highest BCUT2D eigenvalue weighted by atomic mass is 19.2. The predicted octanol–water partition coefficient (Wildman–Crippen LogP) is 4.22. The Hall–Kier alpha value is -1.81. The van der Waals surface area contributed by atoms with Crippen LogP contribution in [0.2, 0.25) is 0 Å². The van der Waals surface area contributed by atoms with E-state index >= 15 is 0 Å². The number of nitrogens with one attached hydrogen (secondary N) is 1. The van der Waals surface area contributed by atoms with Gasteiger partial charge in [-0.15, -0.1) is 0 Å². The van der Waals surface area contributed by atoms with E-state index in [1.165, 1.54) is 6.07 Å². The van der Waals surface area contributed by atoms with Gasteiger partial charge in [0.25, 0.3) is 0 Å². The van der Waals surface area contributed by atoms with Crippen molar-refractivity contribution < 1.29 is 13.2 Å². The summed E-state index contributed by atoms with van der Waals surface area (Å²) in [6, 6.07) is 7.86. The first-order valence-electron chi connectivity index (χ1n) is 6.80. The molecule has 2 aromatic carbocycles. The first-order chi connectivity index (χ1) is 9.93. The van der Waals surface area contributed by atoms with E-state index in [1.807, 2.05) is 32.0 Å². The highest BCUT2D eigenvalue weighted by Crippen LogP contribution is 2.25. The molecule has 1 unspecified atom stereocenters. The van der Waals surface area contributed by atoms with Gasteiger partial charge in [-0.1, -0.05) is 29.8 Å². The third-order valence-corrected chi connectivity index (χ3v) is 3.72. The standard InChI is InChI=1S/C17H18F3N/c1-10-4-5-11(2)12(8-10)9-15(21-3)13-6-7-14(18)17(20)16(13)19/h4-8,15,21H,9H2,1-3H3. The molecule has 0 saturated carbocycles. The van der Waals surface area contributed by atoms with Crippen molar-refractivity contribution in [1.82, 2.24) is 5.32 Å². The molecule has 0 heterocycles. The van der Waals surface area contributed by atoms with Crippen molar-refractivity contribution in [3.05, 3.63) is 70.0 Å². The summed E-state index contributed by atoms with van der Waals surface area (Å²) in [6.07, 6.45) is 0.506. The van der Waals surface area contributed by atoms with E-state index in [2.05, 4.69) is 5.32 Å². The zero-order valence-electron chi connectivity index (χ0n) is 12.3. The second-order valence-corrected chi connectivity index (χ2v) is 5.24. The SMILES string of the molecule is CNC(Cc1cc(C)ccc1C)c1ccc(F)c(F)c1F. The summed E-state index contributed by atoms with van der Waals surface area (Å²) >= 11 is 0. The molecule has 0 aromatic heterocycles. The summed E-state index contributed by atoms with van der Waals surface area (Å²) in [5, 5.41) is 2.97. The van der Waals surface area contributed by atoms with Crippen LogP contribution in [0.4, 0.5) is 13.2 Å². The Morgan fingerprint density at radius 1 is 1.00 bits per heavy atom. The second-order valence-electron chi connectivity index (χ2n) is 5.24. The zero-order valence-corrected chi connectivity index (χ0v) is 12.3. The minimum atomic E-state index is -1.42. The Kier molecular flexibility index (Phi) is 4.68. The summed E-state index contributed by atoms with van der Waals surface area (Å²) in [5.41, 5.74) is 3.39. The molecule has 0 aliphatic rings. The fraction of sp³-hybridized carbons (Fsp3) is 0.294. The molecule has 0 aliphatic carbocycles. The number of aryl methyl sites for hydroxylation is 2. The number of halogens is 3. The molecule has 0 spiro atoms. The number of rotatable bonds is 4. The first kappa shape index (κ1) is 15.6. The molecule has 21 heavy (non-hydrogen) atoms. The number of likely N-dealkylation sites (N-methyl/N-ethyl adjacent to an activating group) is 1. The van der Waals surface area contributed by atoms with Crippen LogP contribution >= 0.6 is 0 Å². The van der Waals surface area contributed by atoms with Gasteiger partial charge in [0.1, 0.15) is 0 Å². The fourth-order valence-corrected chi connectivity index (χ4v) is 2.42. The van der Waals surface area contributed by atoms with Crippen molar-refractivity contribution in [3.63, 3.8) is 0 Å². The minimum absolute atomic E-state index is 0.136. The Morgan fingerprint density at radius 2 is 1.71 bits per heavy atom. The van der Waals surface area contributed by atoms with Crippen molar-refractivity contribution in [1.29, 1.82) is 0 Å². The van der Waals surface area contributed by atoms with E-state index < -0.39 is 23.5 Å². The quantitative estimate of drug-likeness (QED) is 0.832. The lowest BCUT2D eigenvalue weighted by Gasteiger charge is -2.19. The maximum atomic E-state index is 13.9. The Labute approximate surface area is 122 Å². The van der Waals surface area contributed by atoms with Gasteiger partial charge in [-0.2, -0.15) is 0 Å². The van der Waals surface area contributed by atoms with Gasteiger partial charge < -0.3 is 5.32 Å². The molecule has 0 radical (unpaired) electrons. The zero-order chi connectivity index (χ0) is 15.6. The topological polar surface area (TPSA) is 12.0 Å². The van der Waals surface area contributed by atoms with Crippen LogP contribution in [0.5, 0.6) is 0 Å². The molecule has 1 nitrogen and oxygen atoms in total. The van der Waals surface area contributed by atoms with Gasteiger partial charge in [0, 0.05) is 11.6 Å². The van der Waals surface area contributed by atoms with Gasteiger partial charge in [-0.25, -0.2) is 13.2 Å². The van der Waals surface area contributed by atoms with Crippen LogP contribution in [0.1, 0.15) is 28.3 Å². The predicted molar refractivity (Wildman–Crippen MR) is 77.7 cm³/mol. The minimum Gasteiger partial charge on any atom is -0.313 e. The van der Waals surface area contributed by atoms with Gasteiger partial charge in [-0.05, 0) is 44.5 Å². The molecule has 0 fully saturated rings. The smallest absolute Gasteiger partial charge is 0.194 e. The highest BCUT2D eigenvalue weighted by molar-refractivity contribution is 5.33.